The lowest BCUT2D eigenvalue weighted by Gasteiger charge is -2.19. The highest BCUT2D eigenvalue weighted by Crippen LogP contribution is 2.40. The van der Waals surface area contributed by atoms with Crippen LogP contribution in [-0.4, -0.2) is 37.3 Å². The van der Waals surface area contributed by atoms with E-state index < -0.39 is 11.9 Å². The number of hydrogen-bond donors (Lipinski definition) is 0. The highest BCUT2D eigenvalue weighted by Gasteiger charge is 2.48. The molecule has 2 saturated heterocycles. The summed E-state index contributed by atoms with van der Waals surface area (Å²) in [5.74, 6) is -1.13. The second-order valence-electron chi connectivity index (χ2n) is 9.00. The van der Waals surface area contributed by atoms with Gasteiger partial charge in [0, 0.05) is 13.0 Å². The molecular weight excluding hydrogens is 436 g/mol. The van der Waals surface area contributed by atoms with Crippen molar-refractivity contribution in [1.82, 2.24) is 0 Å². The van der Waals surface area contributed by atoms with Crippen LogP contribution in [0.4, 0.5) is 11.4 Å². The molecule has 0 unspecified atom stereocenters. The number of carbonyl (C=O) groups excluding carboxylic acids is 4. The summed E-state index contributed by atoms with van der Waals surface area (Å²) in [6, 6.07) is 13.6. The van der Waals surface area contributed by atoms with Crippen LogP contribution in [0.3, 0.4) is 0 Å². The van der Waals surface area contributed by atoms with Crippen LogP contribution < -0.4 is 19.3 Å². The number of amides is 3. The molecule has 2 aromatic rings. The number of fused-ring (bicyclic) bond motifs is 1. The van der Waals surface area contributed by atoms with Crippen LogP contribution in [0.1, 0.15) is 32.1 Å². The molecule has 8 nitrogen and oxygen atoms in total. The van der Waals surface area contributed by atoms with Gasteiger partial charge in [-0.2, -0.15) is 0 Å². The Morgan fingerprint density at radius 2 is 1.56 bits per heavy atom. The monoisotopic (exact) mass is 462 g/mol. The Morgan fingerprint density at radius 3 is 2.21 bits per heavy atom. The number of anilines is 2. The summed E-state index contributed by atoms with van der Waals surface area (Å²) in [5.41, 5.74) is 1.11. The largest absolute Gasteiger partial charge is 0.495 e. The van der Waals surface area contributed by atoms with E-state index in [2.05, 4.69) is 0 Å². The first-order valence-electron chi connectivity index (χ1n) is 11.6. The highest BCUT2D eigenvalue weighted by atomic mass is 16.5. The van der Waals surface area contributed by atoms with Gasteiger partial charge in [-0.3, -0.25) is 24.1 Å². The number of imide groups is 1. The van der Waals surface area contributed by atoms with Crippen molar-refractivity contribution in [2.24, 2.45) is 17.8 Å². The van der Waals surface area contributed by atoms with Gasteiger partial charge in [0.25, 0.3) is 0 Å². The van der Waals surface area contributed by atoms with Gasteiger partial charge in [0.2, 0.25) is 17.7 Å². The lowest BCUT2D eigenvalue weighted by atomic mass is 9.81. The minimum absolute atomic E-state index is 0.0501. The minimum atomic E-state index is -0.609. The average Bonchev–Trinajstić information content (AvgIpc) is 3.37. The van der Waals surface area contributed by atoms with Crippen LogP contribution in [0.5, 0.6) is 11.5 Å². The number of ether oxygens (including phenoxy) is 2. The molecule has 34 heavy (non-hydrogen) atoms. The fourth-order valence-corrected chi connectivity index (χ4v) is 5.23. The fraction of sp³-hybridized carbons (Fsp3) is 0.385. The van der Waals surface area contributed by atoms with Crippen molar-refractivity contribution in [2.45, 2.75) is 32.1 Å². The van der Waals surface area contributed by atoms with Gasteiger partial charge in [-0.1, -0.05) is 25.0 Å². The fourth-order valence-electron chi connectivity index (χ4n) is 5.23. The summed E-state index contributed by atoms with van der Waals surface area (Å²) >= 11 is 0. The summed E-state index contributed by atoms with van der Waals surface area (Å²) in [4.78, 5) is 53.7. The average molecular weight is 463 g/mol. The van der Waals surface area contributed by atoms with E-state index in [1.807, 2.05) is 12.1 Å². The van der Waals surface area contributed by atoms with Crippen molar-refractivity contribution >= 4 is 35.1 Å². The highest BCUT2D eigenvalue weighted by molar-refractivity contribution is 6.22. The van der Waals surface area contributed by atoms with E-state index in [0.717, 1.165) is 25.7 Å². The zero-order valence-corrected chi connectivity index (χ0v) is 18.9. The van der Waals surface area contributed by atoms with Crippen LogP contribution in [0.25, 0.3) is 0 Å². The van der Waals surface area contributed by atoms with E-state index in [4.69, 9.17) is 9.47 Å². The number of esters is 1. The molecule has 2 aromatic carbocycles. The first kappa shape index (κ1) is 22.1. The van der Waals surface area contributed by atoms with Crippen molar-refractivity contribution in [3.8, 4) is 11.5 Å². The summed E-state index contributed by atoms with van der Waals surface area (Å²) in [6.45, 7) is 0.204. The van der Waals surface area contributed by atoms with E-state index in [1.165, 1.54) is 16.9 Å². The van der Waals surface area contributed by atoms with Crippen molar-refractivity contribution in [3.63, 3.8) is 0 Å². The number of rotatable bonds is 5. The number of carbonyl (C=O) groups is 4. The van der Waals surface area contributed by atoms with Crippen LogP contribution >= 0.6 is 0 Å². The second-order valence-corrected chi connectivity index (χ2v) is 9.00. The molecule has 0 N–H and O–H groups in total. The first-order valence-corrected chi connectivity index (χ1v) is 11.6. The Bertz CT molecular complexity index is 1120. The standard InChI is InChI=1S/C26H26N2O6/c1-33-22-9-5-4-8-21(22)27-15-16(14-23(27)29)26(32)34-18-12-10-17(11-13-18)28-24(30)19-6-2-3-7-20(19)25(28)31/h4-5,8-13,16,19-20H,2-3,6-7,14-15H2,1H3/t16-,19-,20-/m1/s1. The maximum absolute atomic E-state index is 12.8. The van der Waals surface area contributed by atoms with Crippen molar-refractivity contribution in [3.05, 3.63) is 48.5 Å². The van der Waals surface area contributed by atoms with E-state index in [0.29, 0.717) is 22.9 Å². The third-order valence-electron chi connectivity index (χ3n) is 6.99. The van der Waals surface area contributed by atoms with Crippen LogP contribution in [0.2, 0.25) is 0 Å². The van der Waals surface area contributed by atoms with Crippen LogP contribution in [0.15, 0.2) is 48.5 Å². The summed E-state index contributed by atoms with van der Waals surface area (Å²) in [7, 11) is 1.53. The van der Waals surface area contributed by atoms with Gasteiger partial charge in [0.15, 0.2) is 0 Å². The van der Waals surface area contributed by atoms with Gasteiger partial charge in [-0.15, -0.1) is 0 Å². The third-order valence-corrected chi connectivity index (χ3v) is 6.99. The Kier molecular flexibility index (Phi) is 5.81. The molecule has 1 saturated carbocycles. The molecule has 2 aliphatic heterocycles. The molecule has 0 aromatic heterocycles. The molecule has 176 valence electrons. The second kappa shape index (κ2) is 8.93. The van der Waals surface area contributed by atoms with E-state index in [-0.39, 0.29) is 42.5 Å². The molecule has 3 amide bonds. The maximum Gasteiger partial charge on any atom is 0.316 e. The molecule has 1 aliphatic carbocycles. The van der Waals surface area contributed by atoms with E-state index >= 15 is 0 Å². The zero-order chi connectivity index (χ0) is 23.8. The predicted molar refractivity (Wildman–Crippen MR) is 123 cm³/mol. The lowest BCUT2D eigenvalue weighted by molar-refractivity contribution is -0.139. The summed E-state index contributed by atoms with van der Waals surface area (Å²) in [5, 5.41) is 0. The van der Waals surface area contributed by atoms with Crippen molar-refractivity contribution < 1.29 is 28.7 Å². The predicted octanol–water partition coefficient (Wildman–Crippen LogP) is 3.33. The van der Waals surface area contributed by atoms with Gasteiger partial charge in [0.05, 0.1) is 36.2 Å². The Hall–Kier alpha value is -3.68. The van der Waals surface area contributed by atoms with Crippen LogP contribution in [0, 0.1) is 17.8 Å². The summed E-state index contributed by atoms with van der Waals surface area (Å²) < 4.78 is 10.9. The molecule has 8 heteroatoms. The quantitative estimate of drug-likeness (QED) is 0.384. The topological polar surface area (TPSA) is 93.2 Å². The molecule has 5 rings (SSSR count). The Labute approximate surface area is 197 Å². The molecule has 0 spiro atoms. The molecule has 2 heterocycles. The lowest BCUT2D eigenvalue weighted by Crippen LogP contribution is -2.30. The Morgan fingerprint density at radius 1 is 0.912 bits per heavy atom. The zero-order valence-electron chi connectivity index (χ0n) is 18.9. The smallest absolute Gasteiger partial charge is 0.316 e. The van der Waals surface area contributed by atoms with E-state index in [9.17, 15) is 19.2 Å². The molecular formula is C26H26N2O6. The molecule has 0 bridgehead atoms. The number of nitrogens with zero attached hydrogens (tertiary/aromatic N) is 2. The third kappa shape index (κ3) is 3.83. The number of hydrogen-bond acceptors (Lipinski definition) is 6. The molecule has 3 aliphatic rings. The van der Waals surface area contributed by atoms with Gasteiger partial charge in [0.1, 0.15) is 11.5 Å². The first-order chi connectivity index (χ1) is 16.5. The van der Waals surface area contributed by atoms with Gasteiger partial charge < -0.3 is 14.4 Å². The Balaban J connectivity index is 1.25. The normalized spacial score (nSPS) is 24.4. The summed E-state index contributed by atoms with van der Waals surface area (Å²) in [6.07, 6.45) is 3.51. The SMILES string of the molecule is COc1ccccc1N1C[C@H](C(=O)Oc2ccc(N3C(=O)[C@@H]4CCCC[C@H]4C3=O)cc2)CC1=O. The molecule has 3 atom stereocenters. The number of methoxy groups -OCH3 is 1. The van der Waals surface area contributed by atoms with Crippen LogP contribution in [-0.2, 0) is 19.2 Å². The van der Waals surface area contributed by atoms with Gasteiger partial charge in [-0.25, -0.2) is 0 Å². The van der Waals surface area contributed by atoms with Gasteiger partial charge >= 0.3 is 5.97 Å². The number of benzene rings is 2. The van der Waals surface area contributed by atoms with Crippen molar-refractivity contribution in [2.75, 3.05) is 23.5 Å². The van der Waals surface area contributed by atoms with E-state index in [1.54, 1.807) is 36.4 Å². The number of para-hydroxylation sites is 2. The molecule has 3 fully saturated rings. The molecule has 0 radical (unpaired) electrons. The van der Waals surface area contributed by atoms with Crippen molar-refractivity contribution in [1.29, 1.82) is 0 Å². The minimum Gasteiger partial charge on any atom is -0.495 e. The maximum atomic E-state index is 12.8. The van der Waals surface area contributed by atoms with Gasteiger partial charge in [-0.05, 0) is 49.2 Å².